The Hall–Kier alpha value is -1.94. The number of benzene rings is 1. The minimum Gasteiger partial charge on any atom is -0.373 e. The van der Waals surface area contributed by atoms with Crippen LogP contribution in [0.15, 0.2) is 30.3 Å². The third-order valence-corrected chi connectivity index (χ3v) is 3.56. The second kappa shape index (κ2) is 6.68. The molecule has 1 heterocycles. The molecule has 2 aromatic rings. The molecule has 0 amide bonds. The van der Waals surface area contributed by atoms with Gasteiger partial charge < -0.3 is 10.1 Å². The summed E-state index contributed by atoms with van der Waals surface area (Å²) in [5, 5.41) is 3.16. The van der Waals surface area contributed by atoms with Crippen LogP contribution in [-0.2, 0) is 4.74 Å². The average molecular weight is 285 g/mol. The second-order valence-corrected chi connectivity index (χ2v) is 5.42. The highest BCUT2D eigenvalue weighted by molar-refractivity contribution is 5.68. The maximum Gasteiger partial charge on any atom is 0.160 e. The maximum absolute atomic E-state index is 5.58. The lowest BCUT2D eigenvalue weighted by atomic mass is 10.0. The van der Waals surface area contributed by atoms with Crippen molar-refractivity contribution in [1.29, 1.82) is 0 Å². The predicted molar refractivity (Wildman–Crippen MR) is 86.3 cm³/mol. The van der Waals surface area contributed by atoms with Crippen molar-refractivity contribution in [2.24, 2.45) is 5.92 Å². The number of nitrogens with one attached hydrogen (secondary N) is 1. The molecule has 0 aliphatic rings. The van der Waals surface area contributed by atoms with Crippen molar-refractivity contribution >= 4 is 5.82 Å². The van der Waals surface area contributed by atoms with Gasteiger partial charge in [0.25, 0.3) is 0 Å². The first-order chi connectivity index (χ1) is 10.1. The van der Waals surface area contributed by atoms with Crippen LogP contribution in [0.1, 0.15) is 31.3 Å². The molecule has 0 aliphatic carbocycles. The largest absolute Gasteiger partial charge is 0.373 e. The van der Waals surface area contributed by atoms with E-state index in [9.17, 15) is 0 Å². The quantitative estimate of drug-likeness (QED) is 0.906. The van der Waals surface area contributed by atoms with Gasteiger partial charge in [-0.05, 0) is 12.8 Å². The molecule has 1 N–H and O–H groups in total. The van der Waals surface area contributed by atoms with Crippen LogP contribution < -0.4 is 5.32 Å². The van der Waals surface area contributed by atoms with E-state index in [0.29, 0.717) is 5.92 Å². The van der Waals surface area contributed by atoms with Crippen LogP contribution in [0.3, 0.4) is 0 Å². The molecule has 0 saturated heterocycles. The Morgan fingerprint density at radius 3 is 2.29 bits per heavy atom. The number of hydrogen-bond acceptors (Lipinski definition) is 4. The SMILES string of the molecule is CNc1nc(C(OC)C(C)C)nc(-c2ccccc2)c1C. The lowest BCUT2D eigenvalue weighted by Crippen LogP contribution is -2.15. The summed E-state index contributed by atoms with van der Waals surface area (Å²) in [5.74, 6) is 1.88. The van der Waals surface area contributed by atoms with E-state index in [4.69, 9.17) is 9.72 Å². The standard InChI is InChI=1S/C17H23N3O/c1-11(2)15(21-5)17-19-14(12(3)16(18-4)20-17)13-9-7-6-8-10-13/h6-11,15H,1-5H3,(H,18,19,20). The zero-order chi connectivity index (χ0) is 15.4. The van der Waals surface area contributed by atoms with Crippen LogP contribution >= 0.6 is 0 Å². The molecular formula is C17H23N3O. The summed E-state index contributed by atoms with van der Waals surface area (Å²) < 4.78 is 5.58. The fourth-order valence-corrected chi connectivity index (χ4v) is 2.46. The van der Waals surface area contributed by atoms with Gasteiger partial charge in [-0.1, -0.05) is 44.2 Å². The molecule has 2 rings (SSSR count). The monoisotopic (exact) mass is 285 g/mol. The highest BCUT2D eigenvalue weighted by Crippen LogP contribution is 2.30. The van der Waals surface area contributed by atoms with E-state index in [2.05, 4.69) is 36.3 Å². The van der Waals surface area contributed by atoms with E-state index >= 15 is 0 Å². The molecule has 1 aromatic carbocycles. The molecule has 0 fully saturated rings. The summed E-state index contributed by atoms with van der Waals surface area (Å²) in [6.07, 6.45) is -0.111. The number of methoxy groups -OCH3 is 1. The molecular weight excluding hydrogens is 262 g/mol. The number of rotatable bonds is 5. The molecule has 1 aromatic heterocycles. The molecule has 1 atom stereocenters. The Balaban J connectivity index is 2.60. The van der Waals surface area contributed by atoms with Crippen molar-refractivity contribution in [2.75, 3.05) is 19.5 Å². The van der Waals surface area contributed by atoms with E-state index in [1.54, 1.807) is 7.11 Å². The van der Waals surface area contributed by atoms with Crippen molar-refractivity contribution in [1.82, 2.24) is 9.97 Å². The highest BCUT2D eigenvalue weighted by atomic mass is 16.5. The molecule has 0 aliphatic heterocycles. The summed E-state index contributed by atoms with van der Waals surface area (Å²) in [7, 11) is 3.58. The van der Waals surface area contributed by atoms with Gasteiger partial charge >= 0.3 is 0 Å². The van der Waals surface area contributed by atoms with Crippen molar-refractivity contribution in [3.05, 3.63) is 41.7 Å². The third kappa shape index (κ3) is 3.22. The van der Waals surface area contributed by atoms with Crippen LogP contribution in [0, 0.1) is 12.8 Å². The number of anilines is 1. The van der Waals surface area contributed by atoms with Crippen molar-refractivity contribution in [2.45, 2.75) is 26.9 Å². The molecule has 21 heavy (non-hydrogen) atoms. The Kier molecular flexibility index (Phi) is 4.91. The zero-order valence-electron chi connectivity index (χ0n) is 13.3. The van der Waals surface area contributed by atoms with Crippen LogP contribution in [0.4, 0.5) is 5.82 Å². The smallest absolute Gasteiger partial charge is 0.160 e. The Labute approximate surface area is 126 Å². The van der Waals surface area contributed by atoms with E-state index in [1.165, 1.54) is 0 Å². The number of ether oxygens (including phenoxy) is 1. The van der Waals surface area contributed by atoms with Gasteiger partial charge in [-0.3, -0.25) is 0 Å². The minimum atomic E-state index is -0.111. The van der Waals surface area contributed by atoms with Gasteiger partial charge in [0.2, 0.25) is 0 Å². The van der Waals surface area contributed by atoms with Gasteiger partial charge in [0.15, 0.2) is 5.82 Å². The van der Waals surface area contributed by atoms with Gasteiger partial charge in [-0.25, -0.2) is 9.97 Å². The molecule has 112 valence electrons. The topological polar surface area (TPSA) is 47.0 Å². The number of nitrogens with zero attached hydrogens (tertiary/aromatic N) is 2. The van der Waals surface area contributed by atoms with E-state index in [-0.39, 0.29) is 6.10 Å². The average Bonchev–Trinajstić information content (AvgIpc) is 2.49. The molecule has 0 spiro atoms. The molecule has 4 heteroatoms. The molecule has 4 nitrogen and oxygen atoms in total. The summed E-state index contributed by atoms with van der Waals surface area (Å²) in [6, 6.07) is 10.2. The maximum atomic E-state index is 5.58. The fraction of sp³-hybridized carbons (Fsp3) is 0.412. The van der Waals surface area contributed by atoms with Crippen LogP contribution in [0.5, 0.6) is 0 Å². The highest BCUT2D eigenvalue weighted by Gasteiger charge is 2.21. The summed E-state index contributed by atoms with van der Waals surface area (Å²) in [4.78, 5) is 9.39. The number of hydrogen-bond donors (Lipinski definition) is 1. The molecule has 1 unspecified atom stereocenters. The fourth-order valence-electron chi connectivity index (χ4n) is 2.46. The summed E-state index contributed by atoms with van der Waals surface area (Å²) >= 11 is 0. The first-order valence-electron chi connectivity index (χ1n) is 7.23. The Morgan fingerprint density at radius 2 is 1.76 bits per heavy atom. The molecule has 0 radical (unpaired) electrons. The molecule has 0 saturated carbocycles. The van der Waals surface area contributed by atoms with Gasteiger partial charge in [-0.2, -0.15) is 0 Å². The van der Waals surface area contributed by atoms with E-state index in [1.807, 2.05) is 32.2 Å². The third-order valence-electron chi connectivity index (χ3n) is 3.56. The number of aromatic nitrogens is 2. The van der Waals surface area contributed by atoms with E-state index in [0.717, 1.165) is 28.5 Å². The normalized spacial score (nSPS) is 12.5. The van der Waals surface area contributed by atoms with Gasteiger partial charge in [-0.15, -0.1) is 0 Å². The van der Waals surface area contributed by atoms with Gasteiger partial charge in [0.05, 0.1) is 5.69 Å². The Morgan fingerprint density at radius 1 is 1.10 bits per heavy atom. The second-order valence-electron chi connectivity index (χ2n) is 5.42. The van der Waals surface area contributed by atoms with Crippen molar-refractivity contribution in [3.8, 4) is 11.3 Å². The minimum absolute atomic E-state index is 0.111. The van der Waals surface area contributed by atoms with E-state index < -0.39 is 0 Å². The Bertz CT molecular complexity index is 596. The first-order valence-corrected chi connectivity index (χ1v) is 7.23. The van der Waals surface area contributed by atoms with Gasteiger partial charge in [0.1, 0.15) is 11.9 Å². The van der Waals surface area contributed by atoms with Crippen molar-refractivity contribution < 1.29 is 4.74 Å². The predicted octanol–water partition coefficient (Wildman–Crippen LogP) is 3.84. The van der Waals surface area contributed by atoms with Crippen LogP contribution in [0.25, 0.3) is 11.3 Å². The zero-order valence-corrected chi connectivity index (χ0v) is 13.3. The van der Waals surface area contributed by atoms with Crippen LogP contribution in [0.2, 0.25) is 0 Å². The lowest BCUT2D eigenvalue weighted by molar-refractivity contribution is 0.0576. The molecule has 0 bridgehead atoms. The van der Waals surface area contributed by atoms with Crippen LogP contribution in [-0.4, -0.2) is 24.1 Å². The lowest BCUT2D eigenvalue weighted by Gasteiger charge is -2.20. The van der Waals surface area contributed by atoms with Gasteiger partial charge in [0, 0.05) is 25.3 Å². The first kappa shape index (κ1) is 15.4. The summed E-state index contributed by atoms with van der Waals surface area (Å²) in [5.41, 5.74) is 3.09. The summed E-state index contributed by atoms with van der Waals surface area (Å²) in [6.45, 7) is 6.26. The van der Waals surface area contributed by atoms with Crippen molar-refractivity contribution in [3.63, 3.8) is 0 Å².